The molecule has 0 radical (unpaired) electrons. The lowest BCUT2D eigenvalue weighted by molar-refractivity contribution is 0.0942. The van der Waals surface area contributed by atoms with Gasteiger partial charge < -0.3 is 5.32 Å². The second-order valence-electron chi connectivity index (χ2n) is 8.06. The number of halogens is 1. The van der Waals surface area contributed by atoms with Crippen LogP contribution in [0, 0.1) is 0 Å². The van der Waals surface area contributed by atoms with Crippen LogP contribution in [0.1, 0.15) is 42.6 Å². The van der Waals surface area contributed by atoms with Crippen LogP contribution >= 0.6 is 11.6 Å². The van der Waals surface area contributed by atoms with Crippen LogP contribution in [-0.4, -0.2) is 25.5 Å². The van der Waals surface area contributed by atoms with Gasteiger partial charge in [0.15, 0.2) is 5.65 Å². The normalized spacial score (nSPS) is 11.6. The third-order valence-electron chi connectivity index (χ3n) is 4.73. The van der Waals surface area contributed by atoms with Gasteiger partial charge in [-0.3, -0.25) is 9.78 Å². The summed E-state index contributed by atoms with van der Waals surface area (Å²) in [5, 5.41) is 8.16. The van der Waals surface area contributed by atoms with Crippen molar-refractivity contribution in [2.45, 2.75) is 32.7 Å². The number of fused-ring (bicyclic) bond motifs is 1. The molecule has 0 spiro atoms. The highest BCUT2D eigenvalue weighted by atomic mass is 35.5. The molecule has 4 aromatic rings. The number of nitrogens with zero attached hydrogens (tertiary/aromatic N) is 4. The zero-order valence-corrected chi connectivity index (χ0v) is 17.8. The largest absolute Gasteiger partial charge is 0.345 e. The number of benzene rings is 1. The molecule has 0 atom stereocenters. The predicted molar refractivity (Wildman–Crippen MR) is 118 cm³/mol. The van der Waals surface area contributed by atoms with Crippen molar-refractivity contribution in [2.24, 2.45) is 0 Å². The first-order valence-corrected chi connectivity index (χ1v) is 10.0. The molecular weight excluding hydrogens is 398 g/mol. The molecule has 0 aliphatic heterocycles. The summed E-state index contributed by atoms with van der Waals surface area (Å²) in [4.78, 5) is 22.1. The first-order chi connectivity index (χ1) is 14.3. The Morgan fingerprint density at radius 1 is 1.10 bits per heavy atom. The summed E-state index contributed by atoms with van der Waals surface area (Å²) in [7, 11) is 0. The number of rotatable bonds is 4. The van der Waals surface area contributed by atoms with E-state index >= 15 is 0 Å². The number of carbonyl (C=O) groups excluding carboxylic acids is 1. The molecule has 1 amide bonds. The van der Waals surface area contributed by atoms with Crippen LogP contribution in [0.2, 0.25) is 5.02 Å². The Morgan fingerprint density at radius 3 is 2.57 bits per heavy atom. The van der Waals surface area contributed by atoms with E-state index in [0.29, 0.717) is 28.6 Å². The molecule has 3 heterocycles. The topological polar surface area (TPSA) is 72.2 Å². The zero-order valence-electron chi connectivity index (χ0n) is 17.1. The van der Waals surface area contributed by atoms with Crippen molar-refractivity contribution in [3.63, 3.8) is 0 Å². The van der Waals surface area contributed by atoms with Gasteiger partial charge >= 0.3 is 0 Å². The van der Waals surface area contributed by atoms with E-state index in [1.54, 1.807) is 22.8 Å². The summed E-state index contributed by atoms with van der Waals surface area (Å²) in [6, 6.07) is 16.7. The molecule has 0 fully saturated rings. The number of hydrogen-bond acceptors (Lipinski definition) is 4. The molecule has 1 aromatic carbocycles. The molecule has 0 aliphatic rings. The number of amides is 1. The average Bonchev–Trinajstić information content (AvgIpc) is 3.17. The third-order valence-corrected chi connectivity index (χ3v) is 5.06. The maximum atomic E-state index is 13.1. The fraction of sp³-hybridized carbons (Fsp3) is 0.217. The Balaban J connectivity index is 1.80. The molecular formula is C23H22ClN5O. The number of nitrogens with one attached hydrogen (secondary N) is 1. The van der Waals surface area contributed by atoms with Gasteiger partial charge in [-0.05, 0) is 24.3 Å². The van der Waals surface area contributed by atoms with Crippen LogP contribution in [-0.2, 0) is 12.0 Å². The molecule has 1 N–H and O–H groups in total. The number of hydrogen-bond donors (Lipinski definition) is 1. The molecule has 4 rings (SSSR count). The highest BCUT2D eigenvalue weighted by Gasteiger charge is 2.22. The molecule has 0 aliphatic carbocycles. The SMILES string of the molecule is CC(C)(C)c1cc2nc(-c3ccccc3Cl)cc(C(=O)NCc3ccccn3)n2n1. The van der Waals surface area contributed by atoms with Crippen LogP contribution in [0.4, 0.5) is 0 Å². The van der Waals surface area contributed by atoms with E-state index in [1.807, 2.05) is 42.5 Å². The Morgan fingerprint density at radius 2 is 1.87 bits per heavy atom. The molecule has 0 saturated carbocycles. The van der Waals surface area contributed by atoms with Gasteiger partial charge in [-0.2, -0.15) is 5.10 Å². The highest BCUT2D eigenvalue weighted by Crippen LogP contribution is 2.29. The first kappa shape index (κ1) is 20.0. The Kier molecular flexibility index (Phi) is 5.26. The van der Waals surface area contributed by atoms with Crippen LogP contribution in [0.5, 0.6) is 0 Å². The van der Waals surface area contributed by atoms with Crippen molar-refractivity contribution >= 4 is 23.2 Å². The minimum Gasteiger partial charge on any atom is -0.345 e. The van der Waals surface area contributed by atoms with E-state index in [9.17, 15) is 4.79 Å². The van der Waals surface area contributed by atoms with Crippen LogP contribution < -0.4 is 5.32 Å². The van der Waals surface area contributed by atoms with Gasteiger partial charge in [-0.1, -0.05) is 56.6 Å². The standard InChI is InChI=1S/C23H22ClN5O/c1-23(2,3)20-13-21-27-18(16-9-4-5-10-17(16)24)12-19(29(21)28-20)22(30)26-14-15-8-6-7-11-25-15/h4-13H,14H2,1-3H3,(H,26,30). The lowest BCUT2D eigenvalue weighted by Gasteiger charge is -2.13. The Bertz CT molecular complexity index is 1210. The molecule has 3 aromatic heterocycles. The van der Waals surface area contributed by atoms with E-state index in [2.05, 4.69) is 36.2 Å². The second kappa shape index (κ2) is 7.88. The highest BCUT2D eigenvalue weighted by molar-refractivity contribution is 6.33. The van der Waals surface area contributed by atoms with E-state index in [0.717, 1.165) is 17.0 Å². The maximum absolute atomic E-state index is 13.1. The Labute approximate surface area is 179 Å². The van der Waals surface area contributed by atoms with Gasteiger partial charge in [0, 0.05) is 28.3 Å². The van der Waals surface area contributed by atoms with Gasteiger partial charge in [0.05, 0.1) is 23.6 Å². The van der Waals surface area contributed by atoms with Crippen molar-refractivity contribution in [1.82, 2.24) is 24.9 Å². The monoisotopic (exact) mass is 419 g/mol. The van der Waals surface area contributed by atoms with Crippen molar-refractivity contribution < 1.29 is 4.79 Å². The molecule has 7 heteroatoms. The maximum Gasteiger partial charge on any atom is 0.270 e. The number of aromatic nitrogens is 4. The second-order valence-corrected chi connectivity index (χ2v) is 8.47. The zero-order chi connectivity index (χ0) is 21.3. The van der Waals surface area contributed by atoms with Crippen LogP contribution in [0.15, 0.2) is 60.8 Å². The molecule has 152 valence electrons. The molecule has 0 saturated heterocycles. The first-order valence-electron chi connectivity index (χ1n) is 9.67. The van der Waals surface area contributed by atoms with Crippen LogP contribution in [0.3, 0.4) is 0 Å². The van der Waals surface area contributed by atoms with Crippen molar-refractivity contribution in [2.75, 3.05) is 0 Å². The predicted octanol–water partition coefficient (Wildman–Crippen LogP) is 4.67. The summed E-state index contributed by atoms with van der Waals surface area (Å²) < 4.78 is 1.59. The van der Waals surface area contributed by atoms with E-state index in [1.165, 1.54) is 0 Å². The fourth-order valence-corrected chi connectivity index (χ4v) is 3.31. The van der Waals surface area contributed by atoms with Gasteiger partial charge in [-0.25, -0.2) is 9.50 Å². The van der Waals surface area contributed by atoms with Gasteiger partial charge in [0.2, 0.25) is 0 Å². The van der Waals surface area contributed by atoms with E-state index < -0.39 is 0 Å². The quantitative estimate of drug-likeness (QED) is 0.521. The summed E-state index contributed by atoms with van der Waals surface area (Å²) in [5.74, 6) is -0.259. The fourth-order valence-electron chi connectivity index (χ4n) is 3.07. The number of pyridine rings is 1. The summed E-state index contributed by atoms with van der Waals surface area (Å²) in [6.07, 6.45) is 1.70. The molecule has 0 unspecified atom stereocenters. The van der Waals surface area contributed by atoms with Gasteiger partial charge in [0.1, 0.15) is 5.69 Å². The summed E-state index contributed by atoms with van der Waals surface area (Å²) in [6.45, 7) is 6.54. The molecule has 6 nitrogen and oxygen atoms in total. The molecule has 0 bridgehead atoms. The third kappa shape index (κ3) is 4.04. The smallest absolute Gasteiger partial charge is 0.270 e. The Hall–Kier alpha value is -3.25. The average molecular weight is 420 g/mol. The summed E-state index contributed by atoms with van der Waals surface area (Å²) >= 11 is 6.39. The van der Waals surface area contributed by atoms with E-state index in [4.69, 9.17) is 16.6 Å². The summed E-state index contributed by atoms with van der Waals surface area (Å²) in [5.41, 5.74) is 3.82. The van der Waals surface area contributed by atoms with Crippen molar-refractivity contribution in [1.29, 1.82) is 0 Å². The lowest BCUT2D eigenvalue weighted by atomic mass is 9.93. The number of carbonyl (C=O) groups is 1. The molecule has 30 heavy (non-hydrogen) atoms. The van der Waals surface area contributed by atoms with Crippen molar-refractivity contribution in [3.8, 4) is 11.3 Å². The van der Waals surface area contributed by atoms with E-state index in [-0.39, 0.29) is 11.3 Å². The lowest BCUT2D eigenvalue weighted by Crippen LogP contribution is -2.26. The van der Waals surface area contributed by atoms with Crippen LogP contribution in [0.25, 0.3) is 16.9 Å². The minimum absolute atomic E-state index is 0.181. The minimum atomic E-state index is -0.259. The van der Waals surface area contributed by atoms with Crippen molar-refractivity contribution in [3.05, 3.63) is 82.9 Å². The van der Waals surface area contributed by atoms with Gasteiger partial charge in [-0.15, -0.1) is 0 Å². The van der Waals surface area contributed by atoms with Gasteiger partial charge in [0.25, 0.3) is 5.91 Å².